The van der Waals surface area contributed by atoms with Crippen molar-refractivity contribution in [3.05, 3.63) is 0 Å². The minimum atomic E-state index is -4.72. The first-order valence-corrected chi connectivity index (χ1v) is 5.73. The fraction of sp³-hybridized carbons (Fsp3) is 0.818. The normalized spacial score (nSPS) is 25.0. The van der Waals surface area contributed by atoms with E-state index in [0.29, 0.717) is 25.8 Å². The van der Waals surface area contributed by atoms with Gasteiger partial charge in [0.15, 0.2) is 5.41 Å². The highest BCUT2D eigenvalue weighted by molar-refractivity contribution is 5.76. The van der Waals surface area contributed by atoms with Crippen molar-refractivity contribution in [3.8, 4) is 6.07 Å². The Bertz CT molecular complexity index is 351. The quantitative estimate of drug-likeness (QED) is 0.771. The van der Waals surface area contributed by atoms with Gasteiger partial charge in [-0.2, -0.15) is 18.4 Å². The predicted octanol–water partition coefficient (Wildman–Crippen LogP) is 2.02. The van der Waals surface area contributed by atoms with Crippen LogP contribution in [-0.4, -0.2) is 41.8 Å². The third kappa shape index (κ3) is 2.93. The lowest BCUT2D eigenvalue weighted by atomic mass is 9.86. The minimum absolute atomic E-state index is 0.137. The summed E-state index contributed by atoms with van der Waals surface area (Å²) in [5.41, 5.74) is -2.62. The SMILES string of the molecule is N#CCCCCN1CCC(C(=O)O)(C(F)(F)F)C1. The Hall–Kier alpha value is -1.29. The second-order valence-electron chi connectivity index (χ2n) is 4.53. The zero-order valence-electron chi connectivity index (χ0n) is 9.83. The van der Waals surface area contributed by atoms with Crippen LogP contribution in [0.25, 0.3) is 0 Å². The van der Waals surface area contributed by atoms with Crippen LogP contribution >= 0.6 is 0 Å². The van der Waals surface area contributed by atoms with Crippen molar-refractivity contribution in [2.45, 2.75) is 31.9 Å². The molecule has 18 heavy (non-hydrogen) atoms. The minimum Gasteiger partial charge on any atom is -0.481 e. The maximum absolute atomic E-state index is 12.8. The lowest BCUT2D eigenvalue weighted by Gasteiger charge is -2.27. The Balaban J connectivity index is 2.57. The fourth-order valence-electron chi connectivity index (χ4n) is 2.15. The number of alkyl halides is 3. The number of nitriles is 1. The Morgan fingerprint density at radius 3 is 2.56 bits per heavy atom. The molecule has 0 aromatic heterocycles. The molecule has 0 saturated carbocycles. The van der Waals surface area contributed by atoms with Crippen LogP contribution in [0.4, 0.5) is 13.2 Å². The molecule has 1 saturated heterocycles. The zero-order valence-corrected chi connectivity index (χ0v) is 9.83. The van der Waals surface area contributed by atoms with Gasteiger partial charge >= 0.3 is 12.1 Å². The van der Waals surface area contributed by atoms with Crippen LogP contribution in [0.15, 0.2) is 0 Å². The molecule has 1 aliphatic rings. The van der Waals surface area contributed by atoms with Crippen LogP contribution in [-0.2, 0) is 4.79 Å². The van der Waals surface area contributed by atoms with Crippen molar-refractivity contribution < 1.29 is 23.1 Å². The summed E-state index contributed by atoms with van der Waals surface area (Å²) in [5, 5.41) is 17.2. The van der Waals surface area contributed by atoms with E-state index in [0.717, 1.165) is 0 Å². The number of hydrogen-bond donors (Lipinski definition) is 1. The maximum atomic E-state index is 12.8. The fourth-order valence-corrected chi connectivity index (χ4v) is 2.15. The van der Waals surface area contributed by atoms with Gasteiger partial charge in [-0.3, -0.25) is 4.79 Å². The maximum Gasteiger partial charge on any atom is 0.406 e. The summed E-state index contributed by atoms with van der Waals surface area (Å²) in [6.07, 6.45) is -3.51. The van der Waals surface area contributed by atoms with Crippen LogP contribution in [0.1, 0.15) is 25.7 Å². The highest BCUT2D eigenvalue weighted by Gasteiger charge is 2.63. The van der Waals surface area contributed by atoms with Crippen LogP contribution in [0.2, 0.25) is 0 Å². The molecular formula is C11H15F3N2O2. The van der Waals surface area contributed by atoms with E-state index in [1.165, 1.54) is 4.90 Å². The van der Waals surface area contributed by atoms with E-state index < -0.39 is 30.5 Å². The summed E-state index contributed by atoms with van der Waals surface area (Å²) < 4.78 is 38.5. The van der Waals surface area contributed by atoms with Gasteiger partial charge in [-0.25, -0.2) is 0 Å². The van der Waals surface area contributed by atoms with E-state index in [1.807, 2.05) is 6.07 Å². The van der Waals surface area contributed by atoms with Gasteiger partial charge in [0.05, 0.1) is 6.07 Å². The molecule has 0 bridgehead atoms. The van der Waals surface area contributed by atoms with Gasteiger partial charge in [0, 0.05) is 13.0 Å². The summed E-state index contributed by atoms with van der Waals surface area (Å²) in [4.78, 5) is 12.4. The van der Waals surface area contributed by atoms with Crippen molar-refractivity contribution in [1.29, 1.82) is 5.26 Å². The topological polar surface area (TPSA) is 64.3 Å². The summed E-state index contributed by atoms with van der Waals surface area (Å²) >= 11 is 0. The van der Waals surface area contributed by atoms with E-state index >= 15 is 0 Å². The summed E-state index contributed by atoms with van der Waals surface area (Å²) in [6.45, 7) is 0.0591. The second kappa shape index (κ2) is 5.57. The number of carboxylic acids is 1. The average Bonchev–Trinajstić information content (AvgIpc) is 2.69. The predicted molar refractivity (Wildman–Crippen MR) is 56.6 cm³/mol. The zero-order chi connectivity index (χ0) is 13.8. The Labute approximate surface area is 103 Å². The number of rotatable bonds is 5. The summed E-state index contributed by atoms with van der Waals surface area (Å²) in [6, 6.07) is 1.96. The average molecular weight is 264 g/mol. The third-order valence-electron chi connectivity index (χ3n) is 3.31. The van der Waals surface area contributed by atoms with Gasteiger partial charge in [-0.15, -0.1) is 0 Å². The van der Waals surface area contributed by atoms with E-state index in [9.17, 15) is 18.0 Å². The van der Waals surface area contributed by atoms with Crippen molar-refractivity contribution in [3.63, 3.8) is 0 Å². The van der Waals surface area contributed by atoms with Gasteiger partial charge in [0.25, 0.3) is 0 Å². The van der Waals surface area contributed by atoms with Crippen LogP contribution in [0.5, 0.6) is 0 Å². The molecule has 4 nitrogen and oxygen atoms in total. The van der Waals surface area contributed by atoms with E-state index in [4.69, 9.17) is 10.4 Å². The van der Waals surface area contributed by atoms with Gasteiger partial charge in [-0.1, -0.05) is 0 Å². The molecule has 102 valence electrons. The highest BCUT2D eigenvalue weighted by Crippen LogP contribution is 2.45. The molecule has 1 aliphatic heterocycles. The first-order valence-electron chi connectivity index (χ1n) is 5.73. The summed E-state index contributed by atoms with van der Waals surface area (Å²) in [7, 11) is 0. The number of hydrogen-bond acceptors (Lipinski definition) is 3. The van der Waals surface area contributed by atoms with Crippen LogP contribution in [0, 0.1) is 16.7 Å². The first-order chi connectivity index (χ1) is 8.33. The van der Waals surface area contributed by atoms with Crippen molar-refractivity contribution in [2.24, 2.45) is 5.41 Å². The van der Waals surface area contributed by atoms with Gasteiger partial charge in [0.2, 0.25) is 0 Å². The second-order valence-corrected chi connectivity index (χ2v) is 4.53. The number of nitrogens with zero attached hydrogens (tertiary/aromatic N) is 2. The highest BCUT2D eigenvalue weighted by atomic mass is 19.4. The molecule has 0 aromatic carbocycles. The van der Waals surface area contributed by atoms with Gasteiger partial charge in [-0.05, 0) is 32.4 Å². The molecule has 7 heteroatoms. The number of aliphatic carboxylic acids is 1. The van der Waals surface area contributed by atoms with Crippen molar-refractivity contribution >= 4 is 5.97 Å². The number of likely N-dealkylation sites (tertiary alicyclic amines) is 1. The number of unbranched alkanes of at least 4 members (excludes halogenated alkanes) is 2. The van der Waals surface area contributed by atoms with Crippen molar-refractivity contribution in [1.82, 2.24) is 4.90 Å². The molecular weight excluding hydrogens is 249 g/mol. The van der Waals surface area contributed by atoms with E-state index in [2.05, 4.69) is 0 Å². The Morgan fingerprint density at radius 2 is 2.11 bits per heavy atom. The lowest BCUT2D eigenvalue weighted by Crippen LogP contribution is -2.47. The summed E-state index contributed by atoms with van der Waals surface area (Å²) in [5.74, 6) is -1.80. The lowest BCUT2D eigenvalue weighted by molar-refractivity contribution is -0.227. The van der Waals surface area contributed by atoms with Crippen molar-refractivity contribution in [2.75, 3.05) is 19.6 Å². The smallest absolute Gasteiger partial charge is 0.406 e. The third-order valence-corrected chi connectivity index (χ3v) is 3.31. The van der Waals surface area contributed by atoms with Crippen LogP contribution in [0.3, 0.4) is 0 Å². The number of halogens is 3. The van der Waals surface area contributed by atoms with Gasteiger partial charge in [0.1, 0.15) is 0 Å². The monoisotopic (exact) mass is 264 g/mol. The largest absolute Gasteiger partial charge is 0.481 e. The van der Waals surface area contributed by atoms with E-state index in [1.54, 1.807) is 0 Å². The molecule has 0 radical (unpaired) electrons. The van der Waals surface area contributed by atoms with Gasteiger partial charge < -0.3 is 10.0 Å². The molecule has 1 N–H and O–H groups in total. The number of carboxylic acid groups (broad SMARTS) is 1. The molecule has 1 rings (SSSR count). The first kappa shape index (κ1) is 14.8. The molecule has 0 aliphatic carbocycles. The molecule has 1 fully saturated rings. The van der Waals surface area contributed by atoms with E-state index in [-0.39, 0.29) is 6.54 Å². The Kier molecular flexibility index (Phi) is 4.57. The Morgan fingerprint density at radius 1 is 1.44 bits per heavy atom. The molecule has 0 spiro atoms. The number of carbonyl (C=O) groups is 1. The molecule has 0 aromatic rings. The molecule has 1 heterocycles. The van der Waals surface area contributed by atoms with Crippen LogP contribution < -0.4 is 0 Å². The molecule has 0 amide bonds. The molecule has 1 unspecified atom stereocenters. The molecule has 1 atom stereocenters. The standard InChI is InChI=1S/C11H15F3N2O2/c12-11(13,14)10(9(17)18)4-7-16(8-10)6-3-1-2-5-15/h1-4,6-8H2,(H,17,18).